The highest BCUT2D eigenvalue weighted by Crippen LogP contribution is 2.38. The van der Waals surface area contributed by atoms with Crippen LogP contribution in [0.3, 0.4) is 0 Å². The van der Waals surface area contributed by atoms with Crippen LogP contribution in [0.2, 0.25) is 0 Å². The van der Waals surface area contributed by atoms with E-state index < -0.39 is 0 Å². The second-order valence-electron chi connectivity index (χ2n) is 5.64. The molecule has 2 aliphatic rings. The molecule has 0 bridgehead atoms. The van der Waals surface area contributed by atoms with Crippen LogP contribution in [0.5, 0.6) is 0 Å². The van der Waals surface area contributed by atoms with Crippen molar-refractivity contribution in [1.82, 2.24) is 0 Å². The van der Waals surface area contributed by atoms with E-state index in [0.29, 0.717) is 6.54 Å². The minimum atomic E-state index is 0.651. The van der Waals surface area contributed by atoms with Gasteiger partial charge >= 0.3 is 0 Å². The predicted molar refractivity (Wildman–Crippen MR) is 72.2 cm³/mol. The monoisotopic (exact) mass is 230 g/mol. The summed E-state index contributed by atoms with van der Waals surface area (Å²) in [6.45, 7) is 4.10. The number of nitrogens with two attached hydrogens (primary N) is 1. The Morgan fingerprint density at radius 1 is 1.24 bits per heavy atom. The number of rotatable bonds is 5. The molecule has 1 aromatic rings. The summed E-state index contributed by atoms with van der Waals surface area (Å²) in [5, 5.41) is 0. The second kappa shape index (κ2) is 4.34. The number of hydrogen-bond acceptors (Lipinski definition) is 2. The molecule has 0 amide bonds. The van der Waals surface area contributed by atoms with Gasteiger partial charge < -0.3 is 10.6 Å². The van der Waals surface area contributed by atoms with Gasteiger partial charge in [0, 0.05) is 24.8 Å². The van der Waals surface area contributed by atoms with E-state index in [-0.39, 0.29) is 0 Å². The lowest BCUT2D eigenvalue weighted by Gasteiger charge is -2.25. The third-order valence-electron chi connectivity index (χ3n) is 4.02. The topological polar surface area (TPSA) is 29.3 Å². The van der Waals surface area contributed by atoms with Crippen molar-refractivity contribution in [2.45, 2.75) is 45.2 Å². The van der Waals surface area contributed by atoms with Crippen LogP contribution < -0.4 is 10.6 Å². The average molecular weight is 230 g/mol. The minimum absolute atomic E-state index is 0.651. The Balaban J connectivity index is 1.81. The summed E-state index contributed by atoms with van der Waals surface area (Å²) >= 11 is 0. The van der Waals surface area contributed by atoms with E-state index >= 15 is 0 Å². The molecule has 0 radical (unpaired) electrons. The first-order valence-corrected chi connectivity index (χ1v) is 6.84. The first kappa shape index (κ1) is 11.1. The van der Waals surface area contributed by atoms with E-state index in [1.807, 2.05) is 0 Å². The maximum atomic E-state index is 5.73. The highest BCUT2D eigenvalue weighted by atomic mass is 15.2. The lowest BCUT2D eigenvalue weighted by Crippen LogP contribution is -2.28. The fraction of sp³-hybridized carbons (Fsp3) is 0.600. The molecule has 0 saturated heterocycles. The van der Waals surface area contributed by atoms with E-state index in [4.69, 9.17) is 5.73 Å². The number of benzene rings is 1. The maximum Gasteiger partial charge on any atom is 0.0371 e. The Kier molecular flexibility index (Phi) is 2.83. The average Bonchev–Trinajstić information content (AvgIpc) is 3.17. The first-order valence-electron chi connectivity index (χ1n) is 6.84. The van der Waals surface area contributed by atoms with Gasteiger partial charge in [0.05, 0.1) is 0 Å². The summed E-state index contributed by atoms with van der Waals surface area (Å²) < 4.78 is 0. The predicted octanol–water partition coefficient (Wildman–Crippen LogP) is 2.83. The third-order valence-corrected chi connectivity index (χ3v) is 4.02. The van der Waals surface area contributed by atoms with Gasteiger partial charge in [-0.25, -0.2) is 0 Å². The van der Waals surface area contributed by atoms with Gasteiger partial charge in [0.15, 0.2) is 0 Å². The number of hydrogen-bond donors (Lipinski definition) is 1. The molecule has 2 heteroatoms. The minimum Gasteiger partial charge on any atom is -0.368 e. The van der Waals surface area contributed by atoms with Crippen LogP contribution in [-0.2, 0) is 6.54 Å². The zero-order valence-corrected chi connectivity index (χ0v) is 10.7. The zero-order valence-electron chi connectivity index (χ0n) is 10.7. The van der Waals surface area contributed by atoms with Crippen molar-refractivity contribution in [3.05, 3.63) is 29.3 Å². The SMILES string of the molecule is Cc1cc(N(CC2CC2)C2CC2)ccc1CN. The van der Waals surface area contributed by atoms with E-state index in [0.717, 1.165) is 12.0 Å². The fourth-order valence-corrected chi connectivity index (χ4v) is 2.52. The Morgan fingerprint density at radius 2 is 2.00 bits per heavy atom. The van der Waals surface area contributed by atoms with Crippen molar-refractivity contribution >= 4 is 5.69 Å². The Hall–Kier alpha value is -1.02. The number of aryl methyl sites for hydroxylation is 1. The standard InChI is InChI=1S/C15H22N2/c1-11-8-15(5-4-13(11)9-16)17(14-6-7-14)10-12-2-3-12/h4-5,8,12,14H,2-3,6-7,9-10,16H2,1H3. The van der Waals surface area contributed by atoms with Gasteiger partial charge in [0.25, 0.3) is 0 Å². The second-order valence-corrected chi connectivity index (χ2v) is 5.64. The zero-order chi connectivity index (χ0) is 11.8. The summed E-state index contributed by atoms with van der Waals surface area (Å²) in [5.41, 5.74) is 9.75. The van der Waals surface area contributed by atoms with Crippen LogP contribution >= 0.6 is 0 Å². The largest absolute Gasteiger partial charge is 0.368 e. The van der Waals surface area contributed by atoms with Crippen molar-refractivity contribution in [1.29, 1.82) is 0 Å². The van der Waals surface area contributed by atoms with E-state index in [2.05, 4.69) is 30.0 Å². The molecular formula is C15H22N2. The summed E-state index contributed by atoms with van der Waals surface area (Å²) in [5.74, 6) is 0.963. The normalized spacial score (nSPS) is 19.4. The highest BCUT2D eigenvalue weighted by Gasteiger charge is 2.33. The van der Waals surface area contributed by atoms with Crippen LogP contribution in [0, 0.1) is 12.8 Å². The summed E-state index contributed by atoms with van der Waals surface area (Å²) in [4.78, 5) is 2.63. The molecule has 2 N–H and O–H groups in total. The molecule has 0 aliphatic heterocycles. The smallest absolute Gasteiger partial charge is 0.0371 e. The third kappa shape index (κ3) is 2.47. The van der Waals surface area contributed by atoms with Gasteiger partial charge in [0.2, 0.25) is 0 Å². The molecule has 2 aliphatic carbocycles. The van der Waals surface area contributed by atoms with Crippen molar-refractivity contribution < 1.29 is 0 Å². The summed E-state index contributed by atoms with van der Waals surface area (Å²) in [6, 6.07) is 7.60. The molecule has 17 heavy (non-hydrogen) atoms. The maximum absolute atomic E-state index is 5.73. The van der Waals surface area contributed by atoms with Crippen molar-refractivity contribution in [2.75, 3.05) is 11.4 Å². The van der Waals surface area contributed by atoms with Gasteiger partial charge in [-0.05, 0) is 61.8 Å². The molecule has 1 aromatic carbocycles. The van der Waals surface area contributed by atoms with Crippen LogP contribution in [-0.4, -0.2) is 12.6 Å². The number of nitrogens with zero attached hydrogens (tertiary/aromatic N) is 1. The Morgan fingerprint density at radius 3 is 2.53 bits per heavy atom. The van der Waals surface area contributed by atoms with E-state index in [1.165, 1.54) is 49.0 Å². The quantitative estimate of drug-likeness (QED) is 0.842. The highest BCUT2D eigenvalue weighted by molar-refractivity contribution is 5.52. The molecule has 2 nitrogen and oxygen atoms in total. The summed E-state index contributed by atoms with van der Waals surface area (Å²) in [6.07, 6.45) is 5.63. The molecule has 2 fully saturated rings. The lowest BCUT2D eigenvalue weighted by molar-refractivity contribution is 0.718. The van der Waals surface area contributed by atoms with Crippen LogP contribution in [0.4, 0.5) is 5.69 Å². The Bertz CT molecular complexity index is 405. The van der Waals surface area contributed by atoms with Crippen molar-refractivity contribution in [3.8, 4) is 0 Å². The van der Waals surface area contributed by atoms with Crippen LogP contribution in [0.25, 0.3) is 0 Å². The lowest BCUT2D eigenvalue weighted by atomic mass is 10.1. The van der Waals surface area contributed by atoms with Gasteiger partial charge in [-0.1, -0.05) is 6.07 Å². The molecule has 0 unspecified atom stereocenters. The van der Waals surface area contributed by atoms with Gasteiger partial charge in [0.1, 0.15) is 0 Å². The summed E-state index contributed by atoms with van der Waals surface area (Å²) in [7, 11) is 0. The molecule has 0 heterocycles. The molecule has 3 rings (SSSR count). The van der Waals surface area contributed by atoms with Crippen molar-refractivity contribution in [3.63, 3.8) is 0 Å². The van der Waals surface area contributed by atoms with Crippen LogP contribution in [0.15, 0.2) is 18.2 Å². The fourth-order valence-electron chi connectivity index (χ4n) is 2.52. The van der Waals surface area contributed by atoms with Crippen molar-refractivity contribution in [2.24, 2.45) is 11.7 Å². The molecule has 0 spiro atoms. The molecule has 0 atom stereocenters. The first-order chi connectivity index (χ1) is 8.28. The molecular weight excluding hydrogens is 208 g/mol. The molecule has 0 aromatic heterocycles. The van der Waals surface area contributed by atoms with E-state index in [1.54, 1.807) is 0 Å². The number of anilines is 1. The van der Waals surface area contributed by atoms with Gasteiger partial charge in [-0.2, -0.15) is 0 Å². The van der Waals surface area contributed by atoms with Gasteiger partial charge in [-0.15, -0.1) is 0 Å². The van der Waals surface area contributed by atoms with E-state index in [9.17, 15) is 0 Å². The van der Waals surface area contributed by atoms with Crippen LogP contribution in [0.1, 0.15) is 36.8 Å². The molecule has 92 valence electrons. The van der Waals surface area contributed by atoms with Gasteiger partial charge in [-0.3, -0.25) is 0 Å². The molecule has 2 saturated carbocycles. The Labute approximate surface area is 104 Å².